The number of benzene rings is 1. The molecule has 3 aliphatic rings. The fourth-order valence-corrected chi connectivity index (χ4v) is 4.00. The normalized spacial score (nSPS) is 17.4. The van der Waals surface area contributed by atoms with Crippen LogP contribution in [0.5, 0.6) is 0 Å². The minimum Gasteiger partial charge on any atom is -0.668 e. The third-order valence-corrected chi connectivity index (χ3v) is 5.18. The van der Waals surface area contributed by atoms with Gasteiger partial charge in [-0.25, -0.2) is 0 Å². The molecular formula is C26H39NOSiTi-4. The van der Waals surface area contributed by atoms with Crippen LogP contribution in [0.15, 0.2) is 17.7 Å². The van der Waals surface area contributed by atoms with Crippen molar-refractivity contribution in [3.05, 3.63) is 65.9 Å². The van der Waals surface area contributed by atoms with Gasteiger partial charge in [-0.1, -0.05) is 56.9 Å². The zero-order valence-electron chi connectivity index (χ0n) is 20.0. The van der Waals surface area contributed by atoms with Gasteiger partial charge in [0, 0.05) is 5.92 Å². The zero-order chi connectivity index (χ0) is 20.9. The van der Waals surface area contributed by atoms with Gasteiger partial charge in [0.15, 0.2) is 0 Å². The summed E-state index contributed by atoms with van der Waals surface area (Å²) >= 11 is 2.27. The van der Waals surface area contributed by atoms with Crippen LogP contribution in [0.1, 0.15) is 64.0 Å². The Kier molecular flexibility index (Phi) is 12.5. The first-order valence-corrected chi connectivity index (χ1v) is 15.2. The molecule has 0 unspecified atom stereocenters. The quantitative estimate of drug-likeness (QED) is 0.390. The van der Waals surface area contributed by atoms with Crippen molar-refractivity contribution >= 4 is 24.2 Å². The van der Waals surface area contributed by atoms with Crippen LogP contribution in [-0.4, -0.2) is 12.1 Å². The molecule has 1 saturated carbocycles. The predicted molar refractivity (Wildman–Crippen MR) is 130 cm³/mol. The third-order valence-electron chi connectivity index (χ3n) is 5.18. The maximum Gasteiger partial charge on any atom is 0.0519 e. The van der Waals surface area contributed by atoms with Gasteiger partial charge in [-0.05, 0) is 24.7 Å². The summed E-state index contributed by atoms with van der Waals surface area (Å²) in [6, 6.07) is 4.62. The summed E-state index contributed by atoms with van der Waals surface area (Å²) < 4.78 is 0. The van der Waals surface area contributed by atoms with E-state index in [4.69, 9.17) is 5.73 Å². The van der Waals surface area contributed by atoms with Crippen molar-refractivity contribution in [2.75, 3.05) is 0 Å². The standard InChI is InChI=1S/C15H15.C7H13NO.C2H6Si.2CH3.Ti/c1-10-4-11-6-13-8-15(2,3)9-14(13)7-12(11)5-10;8-7(9)6-4-2-1-3-5-6;1-3-2;;;/h4,6-7,9H,8H2,1-3H3;6H,1-5H2,(H2,8,9);1-2H3;2*1H3;/q-1;;;2*-1;/p-1. The van der Waals surface area contributed by atoms with Gasteiger partial charge >= 0.3 is 38.5 Å². The number of nitrogens with one attached hydrogen (secondary N) is 1. The Morgan fingerprint density at radius 3 is 2.20 bits per heavy atom. The van der Waals surface area contributed by atoms with Gasteiger partial charge in [0.1, 0.15) is 0 Å². The number of carbonyl (C=O) groups excluding carboxylic acids is 1. The topological polar surface area (TPSA) is 40.9 Å². The van der Waals surface area contributed by atoms with Gasteiger partial charge in [0.05, 0.1) is 5.91 Å². The van der Waals surface area contributed by atoms with Crippen LogP contribution in [0.4, 0.5) is 0 Å². The van der Waals surface area contributed by atoms with Crippen LogP contribution in [0.3, 0.4) is 0 Å². The van der Waals surface area contributed by atoms with Crippen molar-refractivity contribution in [2.45, 2.75) is 72.4 Å². The summed E-state index contributed by atoms with van der Waals surface area (Å²) in [6.45, 7) is 11.2. The van der Waals surface area contributed by atoms with Gasteiger partial charge < -0.3 is 25.4 Å². The van der Waals surface area contributed by atoms with Gasteiger partial charge in [-0.3, -0.25) is 0 Å². The Labute approximate surface area is 197 Å². The number of amides is 1. The van der Waals surface area contributed by atoms with E-state index in [9.17, 15) is 4.79 Å². The summed E-state index contributed by atoms with van der Waals surface area (Å²) in [5.41, 5.74) is 11.2. The molecule has 0 heterocycles. The number of allylic oxidation sites excluding steroid dienone is 1. The second-order valence-corrected chi connectivity index (χ2v) is 15.8. The number of hydrogen-bond donors (Lipinski definition) is 0. The summed E-state index contributed by atoms with van der Waals surface area (Å²) in [7, 11) is 0. The summed E-state index contributed by atoms with van der Waals surface area (Å²) in [4.78, 5) is 10.5. The number of rotatable bonds is 1. The number of carbonyl (C=O) groups is 1. The van der Waals surface area contributed by atoms with Crippen LogP contribution in [0.2, 0.25) is 13.1 Å². The van der Waals surface area contributed by atoms with Crippen molar-refractivity contribution in [1.29, 1.82) is 0 Å². The molecular weight excluding hydrogens is 418 g/mol. The second kappa shape index (κ2) is 12.8. The van der Waals surface area contributed by atoms with Crippen molar-refractivity contribution < 1.29 is 24.0 Å². The molecule has 4 heteroatoms. The van der Waals surface area contributed by atoms with Crippen molar-refractivity contribution in [3.63, 3.8) is 0 Å². The molecule has 1 N–H and O–H groups in total. The van der Waals surface area contributed by atoms with Crippen molar-refractivity contribution in [3.8, 4) is 0 Å². The largest absolute Gasteiger partial charge is 0.668 e. The van der Waals surface area contributed by atoms with Crippen molar-refractivity contribution in [1.82, 2.24) is 0 Å². The third kappa shape index (κ3) is 9.08. The Morgan fingerprint density at radius 2 is 1.70 bits per heavy atom. The Bertz CT molecular complexity index is 888. The van der Waals surface area contributed by atoms with Gasteiger partial charge in [0.25, 0.3) is 0 Å². The maximum absolute atomic E-state index is 10.5. The molecule has 0 spiro atoms. The molecule has 166 valence electrons. The first-order chi connectivity index (χ1) is 13.1. The second-order valence-electron chi connectivity index (χ2n) is 9.10. The Morgan fingerprint density at radius 1 is 1.13 bits per heavy atom. The molecule has 0 radical (unpaired) electrons. The minimum absolute atomic E-state index is 0. The predicted octanol–water partition coefficient (Wildman–Crippen LogP) is 5.77. The molecule has 3 aliphatic carbocycles. The number of fused-ring (bicyclic) bond motifs is 2. The molecule has 0 aromatic heterocycles. The van der Waals surface area contributed by atoms with Gasteiger partial charge in [0.2, 0.25) is 0 Å². The van der Waals surface area contributed by atoms with Crippen molar-refractivity contribution in [2.24, 2.45) is 11.3 Å². The van der Waals surface area contributed by atoms with Gasteiger partial charge in [-0.2, -0.15) is 11.6 Å². The minimum atomic E-state index is -0.352. The average Bonchev–Trinajstić information content (AvgIpc) is 3.08. The van der Waals surface area contributed by atoms with E-state index in [1.165, 1.54) is 40.0 Å². The van der Waals surface area contributed by atoms with Crippen LogP contribution >= 0.6 is 0 Å². The van der Waals surface area contributed by atoms with E-state index in [2.05, 4.69) is 83.4 Å². The van der Waals surface area contributed by atoms with E-state index in [0.29, 0.717) is 5.41 Å². The fourth-order valence-electron chi connectivity index (χ4n) is 4.00. The molecule has 0 atom stereocenters. The molecule has 1 aromatic carbocycles. The molecule has 1 aromatic rings. The molecule has 2 nitrogen and oxygen atoms in total. The molecule has 0 saturated heterocycles. The summed E-state index contributed by atoms with van der Waals surface area (Å²) in [5, 5.41) is 2.76. The first kappa shape index (κ1) is 29.1. The van der Waals surface area contributed by atoms with Crippen LogP contribution in [0, 0.1) is 32.3 Å². The van der Waals surface area contributed by atoms with Crippen LogP contribution < -0.4 is 10.4 Å². The number of hydrogen-bond acceptors (Lipinski definition) is 1. The van der Waals surface area contributed by atoms with Crippen LogP contribution in [0.25, 0.3) is 17.9 Å². The molecule has 4 rings (SSSR count). The Balaban J connectivity index is 0.000000486. The smallest absolute Gasteiger partial charge is 0.0519 e. The monoisotopic (exact) mass is 457 g/mol. The molecule has 0 aliphatic heterocycles. The van der Waals surface area contributed by atoms with E-state index in [1.54, 1.807) is 0 Å². The molecule has 0 bridgehead atoms. The molecule has 30 heavy (non-hydrogen) atoms. The first-order valence-electron chi connectivity index (χ1n) is 10.3. The van der Waals surface area contributed by atoms with E-state index < -0.39 is 0 Å². The maximum atomic E-state index is 10.5. The van der Waals surface area contributed by atoms with E-state index in [-0.39, 0.29) is 32.9 Å². The van der Waals surface area contributed by atoms with Gasteiger partial charge in [-0.15, -0.1) is 29.0 Å². The van der Waals surface area contributed by atoms with Crippen LogP contribution in [-0.2, 0) is 30.4 Å². The molecule has 1 amide bonds. The Hall–Kier alpha value is -0.899. The SMILES string of the molecule is CC1=[C-]c2cc3c(cc2=C1)CC(C)(C)C=3.C[Si](C)=[Ti].[CH3-].[CH3-].[NH-]C(=O)C1CCCCC1. The summed E-state index contributed by atoms with van der Waals surface area (Å²) in [5.74, 6) is -0.270. The molecule has 1 fully saturated rings. The summed E-state index contributed by atoms with van der Waals surface area (Å²) in [6.07, 6.45) is 14.8. The fraction of sp³-hybridized carbons (Fsp3) is 0.500. The van der Waals surface area contributed by atoms with E-state index in [0.717, 1.165) is 25.7 Å². The van der Waals surface area contributed by atoms with E-state index in [1.807, 2.05) is 0 Å². The zero-order valence-corrected chi connectivity index (χ0v) is 22.6. The van der Waals surface area contributed by atoms with E-state index >= 15 is 0 Å². The average molecular weight is 458 g/mol.